The highest BCUT2D eigenvalue weighted by atomic mass is 16.5. The highest BCUT2D eigenvalue weighted by Gasteiger charge is 2.31. The predicted octanol–water partition coefficient (Wildman–Crippen LogP) is 9.99. The number of unbranched alkanes of at least 4 members (excludes halogenated alkanes) is 2. The summed E-state index contributed by atoms with van der Waals surface area (Å²) in [6.07, 6.45) is 20.4. The normalized spacial score (nSPS) is 22.5. The molecule has 1 N–H and O–H groups in total. The lowest BCUT2D eigenvalue weighted by molar-refractivity contribution is -0.139. The molecule has 0 bridgehead atoms. The second-order valence-electron chi connectivity index (χ2n) is 13.3. The van der Waals surface area contributed by atoms with Crippen molar-refractivity contribution in [2.24, 2.45) is 17.8 Å². The molecule has 2 aliphatic rings. The molecule has 42 heavy (non-hydrogen) atoms. The Kier molecular flexibility index (Phi) is 13.2. The Morgan fingerprint density at radius 2 is 1.45 bits per heavy atom. The molecule has 2 aliphatic carbocycles. The summed E-state index contributed by atoms with van der Waals surface area (Å²) in [6.45, 7) is 8.24. The van der Waals surface area contributed by atoms with Crippen LogP contribution in [0, 0.1) is 17.8 Å². The van der Waals surface area contributed by atoms with E-state index in [0.29, 0.717) is 18.1 Å². The van der Waals surface area contributed by atoms with Crippen LogP contribution in [0.2, 0.25) is 0 Å². The molecule has 0 spiro atoms. The van der Waals surface area contributed by atoms with E-state index in [1.807, 2.05) is 0 Å². The van der Waals surface area contributed by atoms with Gasteiger partial charge in [0.05, 0.1) is 6.61 Å². The zero-order valence-electron chi connectivity index (χ0n) is 26.5. The van der Waals surface area contributed by atoms with Crippen LogP contribution in [-0.2, 0) is 22.4 Å². The molecule has 2 fully saturated rings. The Morgan fingerprint density at radius 1 is 0.810 bits per heavy atom. The van der Waals surface area contributed by atoms with Crippen molar-refractivity contribution in [2.75, 3.05) is 13.2 Å². The fraction of sp³-hybridized carbons (Fsp3) is 0.615. The summed E-state index contributed by atoms with van der Waals surface area (Å²) >= 11 is 0. The Labute approximate surface area is 256 Å². The molecule has 0 unspecified atom stereocenters. The summed E-state index contributed by atoms with van der Waals surface area (Å²) in [5.41, 5.74) is 7.00. The molecular formula is C39H56O3. The number of aliphatic hydroxyl groups excluding tert-OH is 1. The van der Waals surface area contributed by atoms with E-state index in [0.717, 1.165) is 43.4 Å². The van der Waals surface area contributed by atoms with Crippen molar-refractivity contribution in [1.29, 1.82) is 0 Å². The SMILES string of the molecule is C=C(C)C(=O)OCCCc1cc(-c2ccc(C3CCC(C4CCC(CCCCC)CC4)CC3)cc2)ccc1CCCO. The van der Waals surface area contributed by atoms with Crippen LogP contribution in [0.25, 0.3) is 11.1 Å². The van der Waals surface area contributed by atoms with E-state index in [9.17, 15) is 9.90 Å². The number of rotatable bonds is 15. The van der Waals surface area contributed by atoms with E-state index in [-0.39, 0.29) is 12.6 Å². The number of hydrogen-bond acceptors (Lipinski definition) is 3. The minimum Gasteiger partial charge on any atom is -0.462 e. The molecule has 2 saturated carbocycles. The summed E-state index contributed by atoms with van der Waals surface area (Å²) in [5, 5.41) is 9.37. The first-order valence-electron chi connectivity index (χ1n) is 17.1. The first kappa shape index (κ1) is 32.5. The number of aliphatic hydroxyl groups is 1. The molecule has 0 heterocycles. The minimum absolute atomic E-state index is 0.195. The van der Waals surface area contributed by atoms with Crippen LogP contribution in [0.4, 0.5) is 0 Å². The third-order valence-corrected chi connectivity index (χ3v) is 10.2. The van der Waals surface area contributed by atoms with Gasteiger partial charge in [-0.15, -0.1) is 0 Å². The van der Waals surface area contributed by atoms with Gasteiger partial charge in [-0.25, -0.2) is 4.79 Å². The van der Waals surface area contributed by atoms with Crippen LogP contribution in [0.15, 0.2) is 54.6 Å². The number of carbonyl (C=O) groups excluding carboxylic acids is 1. The van der Waals surface area contributed by atoms with Crippen LogP contribution in [0.3, 0.4) is 0 Å². The zero-order valence-corrected chi connectivity index (χ0v) is 26.5. The lowest BCUT2D eigenvalue weighted by Gasteiger charge is -2.38. The van der Waals surface area contributed by atoms with Gasteiger partial charge in [-0.1, -0.05) is 94.5 Å². The second-order valence-corrected chi connectivity index (χ2v) is 13.3. The summed E-state index contributed by atoms with van der Waals surface area (Å²) in [5.74, 6) is 3.35. The third-order valence-electron chi connectivity index (χ3n) is 10.2. The second kappa shape index (κ2) is 17.0. The maximum Gasteiger partial charge on any atom is 0.333 e. The van der Waals surface area contributed by atoms with Gasteiger partial charge in [0.1, 0.15) is 0 Å². The van der Waals surface area contributed by atoms with Gasteiger partial charge in [0.15, 0.2) is 0 Å². The summed E-state index contributed by atoms with van der Waals surface area (Å²) in [7, 11) is 0. The van der Waals surface area contributed by atoms with Crippen LogP contribution in [0.5, 0.6) is 0 Å². The van der Waals surface area contributed by atoms with Crippen molar-refractivity contribution < 1.29 is 14.6 Å². The molecule has 0 saturated heterocycles. The van der Waals surface area contributed by atoms with Crippen molar-refractivity contribution in [3.05, 3.63) is 71.3 Å². The van der Waals surface area contributed by atoms with Gasteiger partial charge < -0.3 is 9.84 Å². The monoisotopic (exact) mass is 572 g/mol. The van der Waals surface area contributed by atoms with E-state index in [1.54, 1.807) is 6.92 Å². The number of hydrogen-bond donors (Lipinski definition) is 1. The van der Waals surface area contributed by atoms with Gasteiger partial charge in [-0.2, -0.15) is 0 Å². The number of aryl methyl sites for hydroxylation is 2. The standard InChI is InChI=1S/C39H56O3/c1-4-5-6-9-30-12-14-32(15-13-30)33-16-18-34(19-17-33)35-20-22-36(23-21-35)38-25-24-31(10-7-26-40)37(28-38)11-8-27-42-39(41)29(2)3/h20-25,28,30,32-34,40H,2,4-19,26-27H2,1,3H3. The van der Waals surface area contributed by atoms with Gasteiger partial charge in [0.25, 0.3) is 0 Å². The molecule has 230 valence electrons. The molecule has 0 atom stereocenters. The summed E-state index contributed by atoms with van der Waals surface area (Å²) in [4.78, 5) is 11.7. The molecule has 4 rings (SSSR count). The fourth-order valence-corrected chi connectivity index (χ4v) is 7.61. The molecule has 2 aromatic carbocycles. The molecule has 2 aromatic rings. The van der Waals surface area contributed by atoms with Crippen molar-refractivity contribution in [3.63, 3.8) is 0 Å². The smallest absolute Gasteiger partial charge is 0.333 e. The predicted molar refractivity (Wildman–Crippen MR) is 176 cm³/mol. The lowest BCUT2D eigenvalue weighted by atomic mass is 9.68. The maximum atomic E-state index is 11.7. The topological polar surface area (TPSA) is 46.5 Å². The van der Waals surface area contributed by atoms with Crippen LogP contribution in [-0.4, -0.2) is 24.3 Å². The van der Waals surface area contributed by atoms with Crippen molar-refractivity contribution in [2.45, 2.75) is 122 Å². The van der Waals surface area contributed by atoms with Gasteiger partial charge >= 0.3 is 5.97 Å². The molecule has 3 nitrogen and oxygen atoms in total. The van der Waals surface area contributed by atoms with Crippen LogP contribution >= 0.6 is 0 Å². The highest BCUT2D eigenvalue weighted by Crippen LogP contribution is 2.44. The van der Waals surface area contributed by atoms with Crippen LogP contribution < -0.4 is 0 Å². The first-order valence-corrected chi connectivity index (χ1v) is 17.1. The maximum absolute atomic E-state index is 11.7. The number of carbonyl (C=O) groups is 1. The number of ether oxygens (including phenoxy) is 1. The van der Waals surface area contributed by atoms with Gasteiger partial charge in [-0.3, -0.25) is 0 Å². The van der Waals surface area contributed by atoms with E-state index >= 15 is 0 Å². The van der Waals surface area contributed by atoms with E-state index in [2.05, 4.69) is 56.0 Å². The Hall–Kier alpha value is -2.39. The van der Waals surface area contributed by atoms with Crippen molar-refractivity contribution >= 4 is 5.97 Å². The highest BCUT2D eigenvalue weighted by molar-refractivity contribution is 5.86. The quantitative estimate of drug-likeness (QED) is 0.131. The van der Waals surface area contributed by atoms with Crippen molar-refractivity contribution in [3.8, 4) is 11.1 Å². The molecular weight excluding hydrogens is 516 g/mol. The minimum atomic E-state index is -0.321. The van der Waals surface area contributed by atoms with Gasteiger partial charge in [-0.05, 0) is 123 Å². The Morgan fingerprint density at radius 3 is 2.10 bits per heavy atom. The lowest BCUT2D eigenvalue weighted by Crippen LogP contribution is -2.25. The summed E-state index contributed by atoms with van der Waals surface area (Å²) < 4.78 is 5.31. The fourth-order valence-electron chi connectivity index (χ4n) is 7.61. The number of benzene rings is 2. The Bertz CT molecular complexity index is 1100. The van der Waals surface area contributed by atoms with Gasteiger partial charge in [0.2, 0.25) is 0 Å². The average molecular weight is 573 g/mol. The van der Waals surface area contributed by atoms with Crippen LogP contribution in [0.1, 0.15) is 126 Å². The molecule has 0 aliphatic heterocycles. The van der Waals surface area contributed by atoms with E-state index in [4.69, 9.17) is 4.74 Å². The zero-order chi connectivity index (χ0) is 29.7. The molecule has 3 heteroatoms. The van der Waals surface area contributed by atoms with Gasteiger partial charge in [0, 0.05) is 12.2 Å². The molecule has 0 radical (unpaired) electrons. The third kappa shape index (κ3) is 9.56. The van der Waals surface area contributed by atoms with E-state index in [1.165, 1.54) is 105 Å². The summed E-state index contributed by atoms with van der Waals surface area (Å²) in [6, 6.07) is 16.1. The largest absolute Gasteiger partial charge is 0.462 e. The first-order chi connectivity index (χ1) is 20.5. The number of esters is 1. The Balaban J connectivity index is 1.29. The van der Waals surface area contributed by atoms with Crippen molar-refractivity contribution in [1.82, 2.24) is 0 Å². The average Bonchev–Trinajstić information content (AvgIpc) is 3.03. The molecule has 0 amide bonds. The molecule has 0 aromatic heterocycles. The van der Waals surface area contributed by atoms with E-state index < -0.39 is 0 Å².